The predicted octanol–water partition coefficient (Wildman–Crippen LogP) is 4.38. The maximum Gasteiger partial charge on any atom is 0.0921 e. The van der Waals surface area contributed by atoms with Gasteiger partial charge in [0, 0.05) is 36.3 Å². The van der Waals surface area contributed by atoms with Crippen LogP contribution in [0.1, 0.15) is 60.4 Å². The number of benzene rings is 1. The SMILES string of the molecule is Cc1cccc(C(CCCCN)c2cnc[nH]2)c1C.SC1CCOCC1. The van der Waals surface area contributed by atoms with Crippen molar-refractivity contribution in [2.45, 2.75) is 57.1 Å². The van der Waals surface area contributed by atoms with Crippen LogP contribution in [0.3, 0.4) is 0 Å². The molecule has 0 saturated carbocycles. The number of aromatic nitrogens is 2. The van der Waals surface area contributed by atoms with Crippen molar-refractivity contribution >= 4 is 12.6 Å². The fourth-order valence-electron chi connectivity index (χ4n) is 3.26. The van der Waals surface area contributed by atoms with E-state index in [0.717, 1.165) is 51.9 Å². The van der Waals surface area contributed by atoms with Gasteiger partial charge in [0.05, 0.1) is 6.33 Å². The van der Waals surface area contributed by atoms with E-state index in [0.29, 0.717) is 11.2 Å². The number of hydrogen-bond donors (Lipinski definition) is 3. The number of H-pyrrole nitrogens is 1. The molecule has 5 heteroatoms. The first kappa shape index (κ1) is 21.0. The van der Waals surface area contributed by atoms with Crippen molar-refractivity contribution in [3.8, 4) is 0 Å². The molecule has 4 nitrogen and oxygen atoms in total. The summed E-state index contributed by atoms with van der Waals surface area (Å²) >= 11 is 4.28. The summed E-state index contributed by atoms with van der Waals surface area (Å²) in [7, 11) is 0. The molecule has 26 heavy (non-hydrogen) atoms. The molecular formula is C21H33N3OS. The van der Waals surface area contributed by atoms with Gasteiger partial charge in [-0.05, 0) is 62.8 Å². The highest BCUT2D eigenvalue weighted by molar-refractivity contribution is 7.80. The van der Waals surface area contributed by atoms with Crippen LogP contribution < -0.4 is 5.73 Å². The number of rotatable bonds is 6. The number of hydrogen-bond acceptors (Lipinski definition) is 4. The van der Waals surface area contributed by atoms with Gasteiger partial charge in [0.25, 0.3) is 0 Å². The van der Waals surface area contributed by atoms with E-state index < -0.39 is 0 Å². The lowest BCUT2D eigenvalue weighted by molar-refractivity contribution is 0.100. The van der Waals surface area contributed by atoms with E-state index in [9.17, 15) is 0 Å². The number of imidazole rings is 1. The minimum atomic E-state index is 0.397. The second-order valence-electron chi connectivity index (χ2n) is 6.98. The van der Waals surface area contributed by atoms with Crippen LogP contribution in [-0.2, 0) is 4.74 Å². The van der Waals surface area contributed by atoms with Crippen LogP contribution in [0.2, 0.25) is 0 Å². The quantitative estimate of drug-likeness (QED) is 0.518. The standard InChI is InChI=1S/C16H23N3.C5H10OS/c1-12-6-5-8-14(13(12)2)15(7-3-4-9-17)16-10-18-11-19-16;7-5-1-3-6-4-2-5/h5-6,8,10-11,15H,3-4,7,9,17H2,1-2H3,(H,18,19);5,7H,1-4H2. The molecular weight excluding hydrogens is 342 g/mol. The third-order valence-corrected chi connectivity index (χ3v) is 5.57. The Labute approximate surface area is 163 Å². The average Bonchev–Trinajstić information content (AvgIpc) is 3.17. The van der Waals surface area contributed by atoms with Gasteiger partial charge in [-0.1, -0.05) is 24.6 Å². The summed E-state index contributed by atoms with van der Waals surface area (Å²) in [6.07, 6.45) is 9.30. The fourth-order valence-corrected chi connectivity index (χ4v) is 3.48. The van der Waals surface area contributed by atoms with Gasteiger partial charge in [-0.3, -0.25) is 0 Å². The first-order chi connectivity index (χ1) is 12.6. The molecule has 0 amide bonds. The molecule has 0 bridgehead atoms. The minimum Gasteiger partial charge on any atom is -0.381 e. The molecule has 1 unspecified atom stereocenters. The summed E-state index contributed by atoms with van der Waals surface area (Å²) in [5, 5.41) is 0.605. The molecule has 2 aromatic rings. The van der Waals surface area contributed by atoms with E-state index in [1.165, 1.54) is 22.4 Å². The molecule has 0 radical (unpaired) electrons. The van der Waals surface area contributed by atoms with Crippen LogP contribution in [0.5, 0.6) is 0 Å². The van der Waals surface area contributed by atoms with Crippen molar-refractivity contribution in [2.24, 2.45) is 5.73 Å². The summed E-state index contributed by atoms with van der Waals surface area (Å²) in [5.74, 6) is 0.397. The highest BCUT2D eigenvalue weighted by Gasteiger charge is 2.17. The summed E-state index contributed by atoms with van der Waals surface area (Å²) in [5.41, 5.74) is 10.9. The summed E-state index contributed by atoms with van der Waals surface area (Å²) in [4.78, 5) is 7.44. The van der Waals surface area contributed by atoms with E-state index in [1.54, 1.807) is 6.33 Å². The van der Waals surface area contributed by atoms with Gasteiger partial charge in [-0.15, -0.1) is 0 Å². The number of ether oxygens (including phenoxy) is 1. The molecule has 1 saturated heterocycles. The van der Waals surface area contributed by atoms with Crippen molar-refractivity contribution in [1.82, 2.24) is 9.97 Å². The molecule has 1 aliphatic rings. The molecule has 3 rings (SSSR count). The molecule has 1 fully saturated rings. The molecule has 0 aliphatic carbocycles. The third kappa shape index (κ3) is 6.45. The Morgan fingerprint density at radius 3 is 2.62 bits per heavy atom. The molecule has 3 N–H and O–H groups in total. The highest BCUT2D eigenvalue weighted by Crippen LogP contribution is 2.31. The molecule has 1 aromatic heterocycles. The van der Waals surface area contributed by atoms with Crippen LogP contribution >= 0.6 is 12.6 Å². The van der Waals surface area contributed by atoms with Crippen LogP contribution in [0, 0.1) is 13.8 Å². The topological polar surface area (TPSA) is 63.9 Å². The maximum atomic E-state index is 5.61. The number of thiol groups is 1. The number of nitrogens with zero attached hydrogens (tertiary/aromatic N) is 1. The molecule has 1 aliphatic heterocycles. The van der Waals surface area contributed by atoms with Crippen LogP contribution in [0.15, 0.2) is 30.7 Å². The Bertz CT molecular complexity index is 624. The van der Waals surface area contributed by atoms with Crippen molar-refractivity contribution in [2.75, 3.05) is 19.8 Å². The van der Waals surface area contributed by atoms with Crippen molar-refractivity contribution < 1.29 is 4.74 Å². The molecule has 144 valence electrons. The maximum absolute atomic E-state index is 5.61. The van der Waals surface area contributed by atoms with Gasteiger partial charge in [0.15, 0.2) is 0 Å². The smallest absolute Gasteiger partial charge is 0.0921 e. The van der Waals surface area contributed by atoms with E-state index in [-0.39, 0.29) is 0 Å². The van der Waals surface area contributed by atoms with Crippen LogP contribution in [0.25, 0.3) is 0 Å². The zero-order valence-corrected chi connectivity index (χ0v) is 17.0. The lowest BCUT2D eigenvalue weighted by atomic mass is 9.86. The normalized spacial score (nSPS) is 16.0. The van der Waals surface area contributed by atoms with Crippen LogP contribution in [-0.4, -0.2) is 35.0 Å². The van der Waals surface area contributed by atoms with E-state index in [1.807, 2.05) is 6.20 Å². The zero-order chi connectivity index (χ0) is 18.8. The second kappa shape index (κ2) is 11.4. The van der Waals surface area contributed by atoms with Gasteiger partial charge in [-0.25, -0.2) is 4.98 Å². The molecule has 0 spiro atoms. The highest BCUT2D eigenvalue weighted by atomic mass is 32.1. The average molecular weight is 376 g/mol. The minimum absolute atomic E-state index is 0.397. The summed E-state index contributed by atoms with van der Waals surface area (Å²) in [6.45, 7) is 6.96. The largest absolute Gasteiger partial charge is 0.381 e. The van der Waals surface area contributed by atoms with Gasteiger partial charge < -0.3 is 15.5 Å². The van der Waals surface area contributed by atoms with Crippen LogP contribution in [0.4, 0.5) is 0 Å². The van der Waals surface area contributed by atoms with Gasteiger partial charge in [-0.2, -0.15) is 12.6 Å². The third-order valence-electron chi connectivity index (χ3n) is 5.05. The first-order valence-electron chi connectivity index (χ1n) is 9.63. The molecule has 1 aromatic carbocycles. The number of nitrogens with two attached hydrogens (primary N) is 1. The van der Waals surface area contributed by atoms with E-state index >= 15 is 0 Å². The zero-order valence-electron chi connectivity index (χ0n) is 16.1. The Morgan fingerprint density at radius 2 is 2.04 bits per heavy atom. The fraction of sp³-hybridized carbons (Fsp3) is 0.571. The second-order valence-corrected chi connectivity index (χ2v) is 7.71. The first-order valence-corrected chi connectivity index (χ1v) is 10.2. The summed E-state index contributed by atoms with van der Waals surface area (Å²) < 4.78 is 5.09. The molecule has 2 heterocycles. The van der Waals surface area contributed by atoms with Crippen molar-refractivity contribution in [1.29, 1.82) is 0 Å². The van der Waals surface area contributed by atoms with Gasteiger partial charge in [0.2, 0.25) is 0 Å². The number of nitrogens with one attached hydrogen (secondary N) is 1. The lowest BCUT2D eigenvalue weighted by Gasteiger charge is -2.19. The van der Waals surface area contributed by atoms with E-state index in [2.05, 4.69) is 54.6 Å². The Morgan fingerprint density at radius 1 is 1.27 bits per heavy atom. The Balaban J connectivity index is 0.000000290. The van der Waals surface area contributed by atoms with Crippen molar-refractivity contribution in [3.05, 3.63) is 53.1 Å². The number of aromatic amines is 1. The number of unbranched alkanes of at least 4 members (excludes halogenated alkanes) is 1. The van der Waals surface area contributed by atoms with Gasteiger partial charge >= 0.3 is 0 Å². The Hall–Kier alpha value is -1.30. The monoisotopic (exact) mass is 375 g/mol. The predicted molar refractivity (Wildman–Crippen MR) is 112 cm³/mol. The molecule has 1 atom stereocenters. The van der Waals surface area contributed by atoms with E-state index in [4.69, 9.17) is 10.5 Å². The van der Waals surface area contributed by atoms with Crippen molar-refractivity contribution in [3.63, 3.8) is 0 Å². The van der Waals surface area contributed by atoms with Gasteiger partial charge in [0.1, 0.15) is 0 Å². The lowest BCUT2D eigenvalue weighted by Crippen LogP contribution is -2.14. The number of aryl methyl sites for hydroxylation is 1. The Kier molecular flexibility index (Phi) is 9.23. The summed E-state index contributed by atoms with van der Waals surface area (Å²) in [6, 6.07) is 6.54.